The van der Waals surface area contributed by atoms with Crippen molar-refractivity contribution in [3.05, 3.63) is 28.2 Å². The summed E-state index contributed by atoms with van der Waals surface area (Å²) in [6, 6.07) is 6.16. The number of nitrogens with two attached hydrogens (primary N) is 1. The monoisotopic (exact) mass is 353 g/mol. The number of nitrogens with one attached hydrogen (secondary N) is 1. The van der Waals surface area contributed by atoms with Crippen molar-refractivity contribution in [2.45, 2.75) is 32.7 Å². The quantitative estimate of drug-likeness (QED) is 0.826. The Labute approximate surface area is 135 Å². The van der Waals surface area contributed by atoms with Crippen LogP contribution in [-0.4, -0.2) is 31.6 Å². The molecule has 1 unspecified atom stereocenters. The molecule has 0 radical (unpaired) electrons. The van der Waals surface area contributed by atoms with Crippen LogP contribution >= 0.6 is 15.9 Å². The molecule has 2 rings (SSSR count). The summed E-state index contributed by atoms with van der Waals surface area (Å²) in [4.78, 5) is 14.0. The van der Waals surface area contributed by atoms with E-state index in [1.54, 1.807) is 6.07 Å². The van der Waals surface area contributed by atoms with E-state index in [0.717, 1.165) is 29.8 Å². The molecule has 3 N–H and O–H groups in total. The molecule has 5 heteroatoms. The molecular weight excluding hydrogens is 330 g/mol. The highest BCUT2D eigenvalue weighted by Crippen LogP contribution is 2.27. The summed E-state index contributed by atoms with van der Waals surface area (Å²) in [6.45, 7) is 7.29. The molecule has 1 fully saturated rings. The first-order valence-electron chi connectivity index (χ1n) is 7.55. The van der Waals surface area contributed by atoms with Gasteiger partial charge in [0.1, 0.15) is 0 Å². The smallest absolute Gasteiger partial charge is 0.250 e. The minimum absolute atomic E-state index is 0.370. The largest absolute Gasteiger partial charge is 0.369 e. The number of rotatable bonds is 6. The van der Waals surface area contributed by atoms with E-state index in [9.17, 15) is 4.79 Å². The number of primary amides is 1. The van der Waals surface area contributed by atoms with Crippen molar-refractivity contribution < 1.29 is 4.79 Å². The third-order valence-electron chi connectivity index (χ3n) is 3.75. The highest BCUT2D eigenvalue weighted by molar-refractivity contribution is 9.10. The maximum absolute atomic E-state index is 11.7. The molecule has 116 valence electrons. The van der Waals surface area contributed by atoms with E-state index in [1.807, 2.05) is 12.1 Å². The van der Waals surface area contributed by atoms with E-state index in [0.29, 0.717) is 17.5 Å². The van der Waals surface area contributed by atoms with Gasteiger partial charge in [-0.3, -0.25) is 4.79 Å². The zero-order chi connectivity index (χ0) is 15.4. The van der Waals surface area contributed by atoms with Crippen LogP contribution < -0.4 is 16.0 Å². The fourth-order valence-corrected chi connectivity index (χ4v) is 3.21. The Morgan fingerprint density at radius 1 is 1.52 bits per heavy atom. The first-order chi connectivity index (χ1) is 9.97. The molecule has 21 heavy (non-hydrogen) atoms. The van der Waals surface area contributed by atoms with Crippen LogP contribution in [-0.2, 0) is 0 Å². The molecule has 0 aliphatic carbocycles. The molecule has 1 atom stereocenters. The summed E-state index contributed by atoms with van der Waals surface area (Å²) < 4.78 is 0.968. The number of carbonyl (C=O) groups excluding carboxylic acids is 1. The summed E-state index contributed by atoms with van der Waals surface area (Å²) in [5.41, 5.74) is 7.07. The third kappa shape index (κ3) is 4.45. The molecule has 0 bridgehead atoms. The van der Waals surface area contributed by atoms with Crippen molar-refractivity contribution in [1.82, 2.24) is 5.32 Å². The normalized spacial score (nSPS) is 18.2. The van der Waals surface area contributed by atoms with E-state index in [-0.39, 0.29) is 5.91 Å². The highest BCUT2D eigenvalue weighted by Gasteiger charge is 2.22. The fraction of sp³-hybridized carbons (Fsp3) is 0.562. The molecule has 1 saturated heterocycles. The molecule has 1 heterocycles. The average molecular weight is 354 g/mol. The Morgan fingerprint density at radius 3 is 2.86 bits per heavy atom. The van der Waals surface area contributed by atoms with E-state index in [2.05, 4.69) is 40.0 Å². The number of anilines is 1. The second-order valence-corrected chi connectivity index (χ2v) is 7.03. The van der Waals surface area contributed by atoms with Gasteiger partial charge in [-0.05, 0) is 43.5 Å². The number of benzene rings is 1. The first-order valence-corrected chi connectivity index (χ1v) is 8.34. The van der Waals surface area contributed by atoms with Crippen molar-refractivity contribution in [2.75, 3.05) is 24.5 Å². The lowest BCUT2D eigenvalue weighted by Crippen LogP contribution is -2.40. The minimum Gasteiger partial charge on any atom is -0.369 e. The molecule has 1 aromatic carbocycles. The zero-order valence-electron chi connectivity index (χ0n) is 12.7. The van der Waals surface area contributed by atoms with Gasteiger partial charge in [0, 0.05) is 23.6 Å². The second kappa shape index (κ2) is 7.27. The number of hydrogen-bond acceptors (Lipinski definition) is 3. The first kappa shape index (κ1) is 16.3. The lowest BCUT2D eigenvalue weighted by molar-refractivity contribution is 0.100. The Morgan fingerprint density at radius 2 is 2.29 bits per heavy atom. The lowest BCUT2D eigenvalue weighted by Gasteiger charge is -2.31. The maximum atomic E-state index is 11.7. The average Bonchev–Trinajstić information content (AvgIpc) is 2.90. The van der Waals surface area contributed by atoms with Crippen molar-refractivity contribution in [3.8, 4) is 0 Å². The van der Waals surface area contributed by atoms with Gasteiger partial charge in [-0.25, -0.2) is 0 Å². The van der Waals surface area contributed by atoms with Gasteiger partial charge in [0.15, 0.2) is 0 Å². The van der Waals surface area contributed by atoms with Crippen LogP contribution in [0.1, 0.15) is 37.0 Å². The van der Waals surface area contributed by atoms with Crippen LogP contribution in [0.25, 0.3) is 0 Å². The van der Waals surface area contributed by atoms with E-state index < -0.39 is 0 Å². The van der Waals surface area contributed by atoms with Crippen molar-refractivity contribution >= 4 is 27.5 Å². The molecule has 1 amide bonds. The number of hydrogen-bond donors (Lipinski definition) is 2. The van der Waals surface area contributed by atoms with Gasteiger partial charge in [-0.15, -0.1) is 0 Å². The van der Waals surface area contributed by atoms with Crippen molar-refractivity contribution in [3.63, 3.8) is 0 Å². The number of carbonyl (C=O) groups is 1. The lowest BCUT2D eigenvalue weighted by atomic mass is 10.1. The predicted molar refractivity (Wildman–Crippen MR) is 90.7 cm³/mol. The summed E-state index contributed by atoms with van der Waals surface area (Å²) in [5.74, 6) is 0.150. The summed E-state index contributed by atoms with van der Waals surface area (Å²) in [5, 5.41) is 3.52. The third-order valence-corrected chi connectivity index (χ3v) is 4.25. The molecule has 1 aliphatic heterocycles. The Balaban J connectivity index is 2.29. The van der Waals surface area contributed by atoms with Gasteiger partial charge < -0.3 is 16.0 Å². The standard InChI is InChI=1S/C16H24BrN3O/c1-11(2)9-20(10-13-4-3-7-19-13)15-8-12(17)5-6-14(15)16(18)21/h5-6,8,11,13,19H,3-4,7,9-10H2,1-2H3,(H2,18,21). The van der Waals surface area contributed by atoms with Gasteiger partial charge in [0.25, 0.3) is 5.91 Å². The van der Waals surface area contributed by atoms with E-state index in [1.165, 1.54) is 12.8 Å². The Hall–Kier alpha value is -1.07. The molecule has 0 saturated carbocycles. The molecular formula is C16H24BrN3O. The van der Waals surface area contributed by atoms with Crippen LogP contribution in [0.15, 0.2) is 22.7 Å². The van der Waals surface area contributed by atoms with E-state index >= 15 is 0 Å². The molecule has 0 spiro atoms. The van der Waals surface area contributed by atoms with Crippen molar-refractivity contribution in [1.29, 1.82) is 0 Å². The number of nitrogens with zero attached hydrogens (tertiary/aromatic N) is 1. The molecule has 1 aliphatic rings. The van der Waals surface area contributed by atoms with Gasteiger partial charge in [-0.1, -0.05) is 29.8 Å². The zero-order valence-corrected chi connectivity index (χ0v) is 14.3. The minimum atomic E-state index is -0.370. The van der Waals surface area contributed by atoms with Gasteiger partial charge in [-0.2, -0.15) is 0 Å². The number of halogens is 1. The topological polar surface area (TPSA) is 58.4 Å². The van der Waals surface area contributed by atoms with Crippen molar-refractivity contribution in [2.24, 2.45) is 11.7 Å². The number of amides is 1. The second-order valence-electron chi connectivity index (χ2n) is 6.12. The van der Waals surface area contributed by atoms with Crippen LogP contribution in [0, 0.1) is 5.92 Å². The summed E-state index contributed by atoms with van der Waals surface area (Å²) in [6.07, 6.45) is 2.41. The Bertz CT molecular complexity index is 498. The maximum Gasteiger partial charge on any atom is 0.250 e. The van der Waals surface area contributed by atoms with Gasteiger partial charge >= 0.3 is 0 Å². The highest BCUT2D eigenvalue weighted by atomic mass is 79.9. The Kier molecular flexibility index (Phi) is 5.65. The van der Waals surface area contributed by atoms with Crippen LogP contribution in [0.5, 0.6) is 0 Å². The van der Waals surface area contributed by atoms with Crippen LogP contribution in [0.3, 0.4) is 0 Å². The molecule has 1 aromatic rings. The SMILES string of the molecule is CC(C)CN(CC1CCCN1)c1cc(Br)ccc1C(N)=O. The predicted octanol–water partition coefficient (Wildman–Crippen LogP) is 2.76. The van der Waals surface area contributed by atoms with Gasteiger partial charge in [0.05, 0.1) is 11.3 Å². The van der Waals surface area contributed by atoms with Gasteiger partial charge in [0.2, 0.25) is 0 Å². The molecule has 4 nitrogen and oxygen atoms in total. The van der Waals surface area contributed by atoms with E-state index in [4.69, 9.17) is 5.73 Å². The summed E-state index contributed by atoms with van der Waals surface area (Å²) >= 11 is 3.50. The molecule has 0 aromatic heterocycles. The fourth-order valence-electron chi connectivity index (χ4n) is 2.87. The summed E-state index contributed by atoms with van der Waals surface area (Å²) in [7, 11) is 0. The van der Waals surface area contributed by atoms with Crippen LogP contribution in [0.2, 0.25) is 0 Å². The van der Waals surface area contributed by atoms with Crippen LogP contribution in [0.4, 0.5) is 5.69 Å².